The molecule has 17 heavy (non-hydrogen) atoms. The van der Waals surface area contributed by atoms with Gasteiger partial charge in [0.25, 0.3) is 0 Å². The molecule has 6 heteroatoms. The second-order valence-electron chi connectivity index (χ2n) is 4.13. The smallest absolute Gasteiger partial charge is 0.239 e. The highest BCUT2D eigenvalue weighted by Crippen LogP contribution is 2.01. The molecule has 0 spiro atoms. The van der Waals surface area contributed by atoms with Gasteiger partial charge in [0, 0.05) is 20.2 Å². The molecule has 6 nitrogen and oxygen atoms in total. The third-order valence-corrected chi connectivity index (χ3v) is 2.70. The number of carbonyl (C=O) groups is 2. The molecule has 1 unspecified atom stereocenters. The van der Waals surface area contributed by atoms with Crippen molar-refractivity contribution in [3.05, 3.63) is 0 Å². The Bertz CT molecular complexity index is 271. The van der Waals surface area contributed by atoms with E-state index in [2.05, 4.69) is 10.6 Å². The monoisotopic (exact) mass is 243 g/mol. The fourth-order valence-corrected chi connectivity index (χ4v) is 1.74. The molecule has 0 aromatic heterocycles. The molecule has 1 fully saturated rings. The Balaban J connectivity index is 2.37. The Labute approximate surface area is 102 Å². The van der Waals surface area contributed by atoms with Gasteiger partial charge in [0.05, 0.1) is 19.2 Å². The highest BCUT2D eigenvalue weighted by Gasteiger charge is 2.24. The third kappa shape index (κ3) is 4.70. The van der Waals surface area contributed by atoms with E-state index in [4.69, 9.17) is 4.74 Å². The van der Waals surface area contributed by atoms with Crippen molar-refractivity contribution < 1.29 is 14.3 Å². The Morgan fingerprint density at radius 3 is 3.12 bits per heavy atom. The van der Waals surface area contributed by atoms with Gasteiger partial charge >= 0.3 is 0 Å². The minimum Gasteiger partial charge on any atom is -0.383 e. The number of nitrogens with one attached hydrogen (secondary N) is 2. The average Bonchev–Trinajstić information content (AvgIpc) is 2.45. The quantitative estimate of drug-likeness (QED) is 0.605. The van der Waals surface area contributed by atoms with Gasteiger partial charge in [-0.05, 0) is 19.9 Å². The average molecular weight is 243 g/mol. The molecule has 0 radical (unpaired) electrons. The fourth-order valence-electron chi connectivity index (χ4n) is 1.74. The molecule has 0 bridgehead atoms. The number of rotatable bonds is 5. The zero-order valence-corrected chi connectivity index (χ0v) is 10.5. The predicted octanol–water partition coefficient (Wildman–Crippen LogP) is -1.04. The van der Waals surface area contributed by atoms with Crippen molar-refractivity contribution in [1.82, 2.24) is 15.5 Å². The maximum absolute atomic E-state index is 11.9. The molecule has 1 aliphatic heterocycles. The summed E-state index contributed by atoms with van der Waals surface area (Å²) in [5.74, 6) is -0.145. The minimum atomic E-state index is -0.204. The van der Waals surface area contributed by atoms with Gasteiger partial charge in [-0.25, -0.2) is 0 Å². The lowest BCUT2D eigenvalue weighted by atomic mass is 10.3. The number of methoxy groups -OCH3 is 1. The van der Waals surface area contributed by atoms with Crippen LogP contribution in [0.3, 0.4) is 0 Å². The normalized spacial score (nSPS) is 21.2. The number of amides is 2. The first kappa shape index (κ1) is 13.9. The van der Waals surface area contributed by atoms with Gasteiger partial charge < -0.3 is 20.3 Å². The lowest BCUT2D eigenvalue weighted by molar-refractivity contribution is -0.136. The Morgan fingerprint density at radius 2 is 2.41 bits per heavy atom. The molecule has 0 aromatic rings. The number of hydrogen-bond acceptors (Lipinski definition) is 4. The van der Waals surface area contributed by atoms with Crippen molar-refractivity contribution in [3.8, 4) is 0 Å². The van der Waals surface area contributed by atoms with Crippen LogP contribution in [0.15, 0.2) is 0 Å². The third-order valence-electron chi connectivity index (χ3n) is 2.70. The van der Waals surface area contributed by atoms with E-state index in [1.165, 1.54) is 0 Å². The highest BCUT2D eigenvalue weighted by molar-refractivity contribution is 5.87. The molecule has 2 N–H and O–H groups in total. The highest BCUT2D eigenvalue weighted by atomic mass is 16.5. The van der Waals surface area contributed by atoms with Crippen LogP contribution in [0.1, 0.15) is 13.3 Å². The van der Waals surface area contributed by atoms with Crippen LogP contribution in [0.25, 0.3) is 0 Å². The van der Waals surface area contributed by atoms with E-state index in [0.717, 1.165) is 13.0 Å². The molecule has 1 aliphatic rings. The molecule has 0 aliphatic carbocycles. The SMILES string of the molecule is COCCNC(=O)CN1CCCNC(C)C1=O. The maximum atomic E-state index is 11.9. The van der Waals surface area contributed by atoms with Crippen LogP contribution in [-0.2, 0) is 14.3 Å². The summed E-state index contributed by atoms with van der Waals surface area (Å²) >= 11 is 0. The van der Waals surface area contributed by atoms with Crippen molar-refractivity contribution >= 4 is 11.8 Å². The zero-order valence-electron chi connectivity index (χ0n) is 10.5. The summed E-state index contributed by atoms with van der Waals surface area (Å²) in [4.78, 5) is 25.0. The largest absolute Gasteiger partial charge is 0.383 e. The standard InChI is InChI=1S/C11H21N3O3/c1-9-11(16)14(6-3-4-12-9)8-10(15)13-5-7-17-2/h9,12H,3-8H2,1-2H3,(H,13,15). The summed E-state index contributed by atoms with van der Waals surface area (Å²) in [6.07, 6.45) is 0.876. The van der Waals surface area contributed by atoms with Gasteiger partial charge in [-0.15, -0.1) is 0 Å². The first-order valence-corrected chi connectivity index (χ1v) is 5.93. The molecule has 1 saturated heterocycles. The van der Waals surface area contributed by atoms with Gasteiger partial charge in [-0.2, -0.15) is 0 Å². The first-order valence-electron chi connectivity index (χ1n) is 5.93. The van der Waals surface area contributed by atoms with Crippen LogP contribution in [-0.4, -0.2) is 62.7 Å². The molecule has 98 valence electrons. The molecule has 0 aromatic carbocycles. The lowest BCUT2D eigenvalue weighted by Gasteiger charge is -2.21. The van der Waals surface area contributed by atoms with Crippen LogP contribution in [0.5, 0.6) is 0 Å². The van der Waals surface area contributed by atoms with Crippen molar-refractivity contribution in [2.75, 3.05) is 39.9 Å². The predicted molar refractivity (Wildman–Crippen MR) is 63.5 cm³/mol. The second-order valence-corrected chi connectivity index (χ2v) is 4.13. The summed E-state index contributed by atoms with van der Waals surface area (Å²) < 4.78 is 4.84. The van der Waals surface area contributed by atoms with Crippen LogP contribution in [0, 0.1) is 0 Å². The number of hydrogen-bond donors (Lipinski definition) is 2. The van der Waals surface area contributed by atoms with Crippen molar-refractivity contribution in [3.63, 3.8) is 0 Å². The molecule has 1 rings (SSSR count). The van der Waals surface area contributed by atoms with Crippen LogP contribution >= 0.6 is 0 Å². The van der Waals surface area contributed by atoms with Crippen molar-refractivity contribution in [1.29, 1.82) is 0 Å². The first-order chi connectivity index (χ1) is 8.15. The van der Waals surface area contributed by atoms with Crippen LogP contribution in [0.2, 0.25) is 0 Å². The van der Waals surface area contributed by atoms with E-state index >= 15 is 0 Å². The fraction of sp³-hybridized carbons (Fsp3) is 0.818. The van der Waals surface area contributed by atoms with Gasteiger partial charge in [0.1, 0.15) is 0 Å². The summed E-state index contributed by atoms with van der Waals surface area (Å²) in [6, 6.07) is -0.204. The van der Waals surface area contributed by atoms with E-state index < -0.39 is 0 Å². The van der Waals surface area contributed by atoms with E-state index in [-0.39, 0.29) is 24.4 Å². The van der Waals surface area contributed by atoms with E-state index in [1.807, 2.05) is 6.92 Å². The van der Waals surface area contributed by atoms with Crippen LogP contribution in [0.4, 0.5) is 0 Å². The minimum absolute atomic E-state index is 0.00982. The number of nitrogens with zero attached hydrogens (tertiary/aromatic N) is 1. The Morgan fingerprint density at radius 1 is 1.65 bits per heavy atom. The van der Waals surface area contributed by atoms with E-state index in [1.54, 1.807) is 12.0 Å². The second kappa shape index (κ2) is 7.24. The molecular formula is C11H21N3O3. The summed E-state index contributed by atoms with van der Waals surface area (Å²) in [6.45, 7) is 4.36. The van der Waals surface area contributed by atoms with Gasteiger partial charge in [-0.1, -0.05) is 0 Å². The summed E-state index contributed by atoms with van der Waals surface area (Å²) in [7, 11) is 1.58. The molecule has 1 atom stereocenters. The van der Waals surface area contributed by atoms with Crippen LogP contribution < -0.4 is 10.6 Å². The maximum Gasteiger partial charge on any atom is 0.239 e. The zero-order chi connectivity index (χ0) is 12.7. The Kier molecular flexibility index (Phi) is 5.93. The number of ether oxygens (including phenoxy) is 1. The van der Waals surface area contributed by atoms with E-state index in [0.29, 0.717) is 19.7 Å². The lowest BCUT2D eigenvalue weighted by Crippen LogP contribution is -2.46. The van der Waals surface area contributed by atoms with Gasteiger partial charge in [-0.3, -0.25) is 9.59 Å². The molecule has 2 amide bonds. The molecule has 1 heterocycles. The van der Waals surface area contributed by atoms with Crippen molar-refractivity contribution in [2.45, 2.75) is 19.4 Å². The summed E-state index contributed by atoms with van der Waals surface area (Å²) in [5, 5.41) is 5.82. The van der Waals surface area contributed by atoms with Crippen molar-refractivity contribution in [2.24, 2.45) is 0 Å². The van der Waals surface area contributed by atoms with Gasteiger partial charge in [0.15, 0.2) is 0 Å². The summed E-state index contributed by atoms with van der Waals surface area (Å²) in [5.41, 5.74) is 0. The number of carbonyl (C=O) groups excluding carboxylic acids is 2. The molecular weight excluding hydrogens is 222 g/mol. The topological polar surface area (TPSA) is 70.7 Å². The Hall–Kier alpha value is -1.14. The van der Waals surface area contributed by atoms with Gasteiger partial charge in [0.2, 0.25) is 11.8 Å². The van der Waals surface area contributed by atoms with E-state index in [9.17, 15) is 9.59 Å². The molecule has 0 saturated carbocycles.